The van der Waals surface area contributed by atoms with Gasteiger partial charge in [0.1, 0.15) is 0 Å². The second-order valence-corrected chi connectivity index (χ2v) is 4.27. The average molecular weight is 251 g/mol. The molecule has 1 unspecified atom stereocenters. The lowest BCUT2D eigenvalue weighted by Gasteiger charge is -2.24. The maximum atomic E-state index is 11.3. The van der Waals surface area contributed by atoms with Gasteiger partial charge in [0.05, 0.1) is 5.92 Å². The van der Waals surface area contributed by atoms with E-state index in [4.69, 9.17) is 5.11 Å². The van der Waals surface area contributed by atoms with E-state index in [-0.39, 0.29) is 6.61 Å². The highest BCUT2D eigenvalue weighted by atomic mass is 16.4. The lowest BCUT2D eigenvalue weighted by atomic mass is 9.98. The molecule has 1 atom stereocenters. The molecule has 100 valence electrons. The highest BCUT2D eigenvalue weighted by molar-refractivity contribution is 5.76. The largest absolute Gasteiger partial charge is 0.481 e. The smallest absolute Gasteiger partial charge is 0.312 e. The summed E-state index contributed by atoms with van der Waals surface area (Å²) in [5, 5.41) is 18.1. The molecule has 0 heterocycles. The molecule has 1 rings (SSSR count). The summed E-state index contributed by atoms with van der Waals surface area (Å²) >= 11 is 0. The van der Waals surface area contributed by atoms with Crippen LogP contribution in [0.4, 0.5) is 0 Å². The zero-order valence-corrected chi connectivity index (χ0v) is 10.7. The van der Waals surface area contributed by atoms with Crippen molar-refractivity contribution in [2.75, 3.05) is 26.2 Å². The van der Waals surface area contributed by atoms with E-state index in [0.717, 1.165) is 18.7 Å². The molecule has 1 aromatic carbocycles. The van der Waals surface area contributed by atoms with Crippen molar-refractivity contribution in [3.05, 3.63) is 35.9 Å². The number of aliphatic hydroxyl groups excluding tert-OH is 1. The van der Waals surface area contributed by atoms with Gasteiger partial charge in [0.25, 0.3) is 0 Å². The van der Waals surface area contributed by atoms with E-state index in [1.54, 1.807) is 0 Å². The second kappa shape index (κ2) is 7.84. The van der Waals surface area contributed by atoms with Gasteiger partial charge in [-0.25, -0.2) is 0 Å². The van der Waals surface area contributed by atoms with E-state index >= 15 is 0 Å². The summed E-state index contributed by atoms with van der Waals surface area (Å²) in [7, 11) is 0. The molecular weight excluding hydrogens is 230 g/mol. The van der Waals surface area contributed by atoms with Crippen LogP contribution in [0, 0.1) is 0 Å². The van der Waals surface area contributed by atoms with Crippen molar-refractivity contribution in [2.24, 2.45) is 0 Å². The fraction of sp³-hybridized carbons (Fsp3) is 0.500. The Hall–Kier alpha value is -1.39. The van der Waals surface area contributed by atoms with E-state index in [2.05, 4.69) is 4.90 Å². The van der Waals surface area contributed by atoms with Crippen LogP contribution in [-0.2, 0) is 4.79 Å². The minimum absolute atomic E-state index is 0.138. The van der Waals surface area contributed by atoms with E-state index < -0.39 is 11.9 Å². The number of carbonyl (C=O) groups is 1. The van der Waals surface area contributed by atoms with Crippen molar-refractivity contribution in [3.63, 3.8) is 0 Å². The monoisotopic (exact) mass is 251 g/mol. The van der Waals surface area contributed by atoms with Crippen molar-refractivity contribution in [2.45, 2.75) is 19.3 Å². The molecule has 0 saturated heterocycles. The van der Waals surface area contributed by atoms with Gasteiger partial charge in [0.15, 0.2) is 0 Å². The molecule has 2 N–H and O–H groups in total. The highest BCUT2D eigenvalue weighted by Gasteiger charge is 2.21. The van der Waals surface area contributed by atoms with Crippen LogP contribution in [0.3, 0.4) is 0 Å². The number of carboxylic acid groups (broad SMARTS) is 1. The number of rotatable bonds is 8. The first-order valence-corrected chi connectivity index (χ1v) is 6.30. The third kappa shape index (κ3) is 4.47. The first-order valence-electron chi connectivity index (χ1n) is 6.30. The lowest BCUT2D eigenvalue weighted by Crippen LogP contribution is -2.33. The zero-order valence-electron chi connectivity index (χ0n) is 10.7. The standard InChI is InChI=1S/C14H21NO3/c1-2-15(9-6-10-16)11-13(14(17)18)12-7-4-3-5-8-12/h3-5,7-8,13,16H,2,6,9-11H2,1H3,(H,17,18). The van der Waals surface area contributed by atoms with Gasteiger partial charge in [0, 0.05) is 19.7 Å². The van der Waals surface area contributed by atoms with Crippen molar-refractivity contribution in [3.8, 4) is 0 Å². The Morgan fingerprint density at radius 2 is 2.00 bits per heavy atom. The molecule has 0 aliphatic rings. The molecule has 0 amide bonds. The van der Waals surface area contributed by atoms with E-state index in [1.165, 1.54) is 0 Å². The summed E-state index contributed by atoms with van der Waals surface area (Å²) in [6, 6.07) is 9.29. The van der Waals surface area contributed by atoms with Crippen LogP contribution in [0.1, 0.15) is 24.8 Å². The van der Waals surface area contributed by atoms with Crippen LogP contribution in [-0.4, -0.2) is 47.3 Å². The predicted molar refractivity (Wildman–Crippen MR) is 70.6 cm³/mol. The molecule has 0 spiro atoms. The normalized spacial score (nSPS) is 12.6. The van der Waals surface area contributed by atoms with Gasteiger partial charge in [-0.05, 0) is 18.5 Å². The fourth-order valence-corrected chi connectivity index (χ4v) is 1.94. The van der Waals surface area contributed by atoms with E-state index in [0.29, 0.717) is 13.0 Å². The zero-order chi connectivity index (χ0) is 13.4. The Morgan fingerprint density at radius 3 is 2.50 bits per heavy atom. The number of likely N-dealkylation sites (N-methyl/N-ethyl adjacent to an activating group) is 1. The van der Waals surface area contributed by atoms with Gasteiger partial charge < -0.3 is 15.1 Å². The molecule has 0 radical (unpaired) electrons. The lowest BCUT2D eigenvalue weighted by molar-refractivity contribution is -0.139. The summed E-state index contributed by atoms with van der Waals surface area (Å²) < 4.78 is 0. The first-order chi connectivity index (χ1) is 8.69. The third-order valence-corrected chi connectivity index (χ3v) is 3.02. The molecule has 1 aromatic rings. The molecule has 0 aliphatic heterocycles. The minimum Gasteiger partial charge on any atom is -0.481 e. The number of benzene rings is 1. The highest BCUT2D eigenvalue weighted by Crippen LogP contribution is 2.17. The van der Waals surface area contributed by atoms with Gasteiger partial charge in [-0.3, -0.25) is 4.79 Å². The SMILES string of the molecule is CCN(CCCO)CC(C(=O)O)c1ccccc1. The van der Waals surface area contributed by atoms with E-state index in [1.807, 2.05) is 37.3 Å². The predicted octanol–water partition coefficient (Wildman–Crippen LogP) is 1.56. The van der Waals surface area contributed by atoms with Crippen molar-refractivity contribution >= 4 is 5.97 Å². The Labute approximate surface area is 108 Å². The fourth-order valence-electron chi connectivity index (χ4n) is 1.94. The van der Waals surface area contributed by atoms with Gasteiger partial charge >= 0.3 is 5.97 Å². The quantitative estimate of drug-likeness (QED) is 0.736. The molecule has 0 aromatic heterocycles. The number of hydrogen-bond donors (Lipinski definition) is 2. The maximum absolute atomic E-state index is 11.3. The molecule has 0 bridgehead atoms. The summed E-state index contributed by atoms with van der Waals surface area (Å²) in [5.41, 5.74) is 0.826. The molecule has 4 nitrogen and oxygen atoms in total. The third-order valence-electron chi connectivity index (χ3n) is 3.02. The van der Waals surface area contributed by atoms with Crippen LogP contribution in [0.5, 0.6) is 0 Å². The van der Waals surface area contributed by atoms with Crippen LogP contribution in [0.15, 0.2) is 30.3 Å². The minimum atomic E-state index is -0.802. The van der Waals surface area contributed by atoms with E-state index in [9.17, 15) is 9.90 Å². The average Bonchev–Trinajstić information content (AvgIpc) is 2.39. The molecule has 0 saturated carbocycles. The van der Waals surface area contributed by atoms with Gasteiger partial charge in [-0.1, -0.05) is 37.3 Å². The second-order valence-electron chi connectivity index (χ2n) is 4.27. The number of hydrogen-bond acceptors (Lipinski definition) is 3. The number of aliphatic carboxylic acids is 1. The summed E-state index contributed by atoms with van der Waals surface area (Å²) in [6.07, 6.45) is 0.676. The van der Waals surface area contributed by atoms with Crippen molar-refractivity contribution < 1.29 is 15.0 Å². The first kappa shape index (κ1) is 14.7. The molecule has 0 fully saturated rings. The summed E-state index contributed by atoms with van der Waals surface area (Å²) in [4.78, 5) is 13.4. The van der Waals surface area contributed by atoms with Crippen molar-refractivity contribution in [1.29, 1.82) is 0 Å². The Kier molecular flexibility index (Phi) is 6.39. The molecular formula is C14H21NO3. The van der Waals surface area contributed by atoms with Crippen LogP contribution in [0.2, 0.25) is 0 Å². The Bertz CT molecular complexity index is 353. The number of nitrogens with zero attached hydrogens (tertiary/aromatic N) is 1. The number of aliphatic hydroxyl groups is 1. The molecule has 0 aliphatic carbocycles. The molecule has 18 heavy (non-hydrogen) atoms. The molecule has 4 heteroatoms. The van der Waals surface area contributed by atoms with Crippen molar-refractivity contribution in [1.82, 2.24) is 4.90 Å². The summed E-state index contributed by atoms with van der Waals surface area (Å²) in [5.74, 6) is -1.31. The topological polar surface area (TPSA) is 60.8 Å². The maximum Gasteiger partial charge on any atom is 0.312 e. The van der Waals surface area contributed by atoms with Gasteiger partial charge in [-0.15, -0.1) is 0 Å². The van der Waals surface area contributed by atoms with Gasteiger partial charge in [-0.2, -0.15) is 0 Å². The number of carboxylic acids is 1. The van der Waals surface area contributed by atoms with Gasteiger partial charge in [0.2, 0.25) is 0 Å². The van der Waals surface area contributed by atoms with Crippen LogP contribution >= 0.6 is 0 Å². The summed E-state index contributed by atoms with van der Waals surface area (Å²) in [6.45, 7) is 4.14. The Balaban J connectivity index is 2.71. The van der Waals surface area contributed by atoms with Crippen LogP contribution in [0.25, 0.3) is 0 Å². The Morgan fingerprint density at radius 1 is 1.33 bits per heavy atom. The van der Waals surface area contributed by atoms with Crippen LogP contribution < -0.4 is 0 Å².